The second-order valence-electron chi connectivity index (χ2n) is 4.85. The Morgan fingerprint density at radius 1 is 1.06 bits per heavy atom. The first kappa shape index (κ1) is 15.8. The minimum Gasteiger partial charge on any atom is -0.228 e. The summed E-state index contributed by atoms with van der Waals surface area (Å²) in [6.07, 6.45) is 0. The van der Waals surface area contributed by atoms with Crippen LogP contribution in [0, 0.1) is 5.92 Å². The van der Waals surface area contributed by atoms with Gasteiger partial charge in [0.25, 0.3) is 0 Å². The first-order valence-electron chi connectivity index (χ1n) is 5.85. The van der Waals surface area contributed by atoms with Gasteiger partial charge in [-0.25, -0.2) is 8.42 Å². The van der Waals surface area contributed by atoms with Crippen LogP contribution in [-0.2, 0) is 9.84 Å². The monoisotopic (exact) mass is 308 g/mol. The van der Waals surface area contributed by atoms with Crippen LogP contribution in [0.1, 0.15) is 38.5 Å². The second-order valence-corrected chi connectivity index (χ2v) is 8.32. The highest BCUT2D eigenvalue weighted by Gasteiger charge is 2.31. The molecule has 0 N–H and O–H groups in total. The third-order valence-electron chi connectivity index (χ3n) is 3.35. The second kappa shape index (κ2) is 5.81. The van der Waals surface area contributed by atoms with Crippen LogP contribution >= 0.6 is 23.2 Å². The van der Waals surface area contributed by atoms with Crippen molar-refractivity contribution in [3.8, 4) is 0 Å². The van der Waals surface area contributed by atoms with Crippen molar-refractivity contribution in [2.24, 2.45) is 5.92 Å². The molecule has 0 aromatic heterocycles. The summed E-state index contributed by atoms with van der Waals surface area (Å²) in [6.45, 7) is 7.21. The lowest BCUT2D eigenvalue weighted by atomic mass is 10.1. The number of benzene rings is 1. The molecule has 0 unspecified atom stereocenters. The third-order valence-corrected chi connectivity index (χ3v) is 6.73. The van der Waals surface area contributed by atoms with Gasteiger partial charge in [-0.1, -0.05) is 43.1 Å². The quantitative estimate of drug-likeness (QED) is 0.820. The van der Waals surface area contributed by atoms with Gasteiger partial charge in [-0.2, -0.15) is 0 Å². The molecule has 0 aliphatic carbocycles. The Morgan fingerprint density at radius 3 is 2.06 bits per heavy atom. The number of halogens is 2. The van der Waals surface area contributed by atoms with Crippen LogP contribution in [-0.4, -0.2) is 13.7 Å². The topological polar surface area (TPSA) is 34.1 Å². The van der Waals surface area contributed by atoms with E-state index in [9.17, 15) is 8.42 Å². The molecule has 1 aromatic carbocycles. The van der Waals surface area contributed by atoms with Crippen molar-refractivity contribution >= 4 is 33.0 Å². The number of sulfone groups is 1. The van der Waals surface area contributed by atoms with E-state index in [1.807, 2.05) is 13.8 Å². The minimum atomic E-state index is -3.25. The average molecular weight is 309 g/mol. The van der Waals surface area contributed by atoms with Crippen molar-refractivity contribution in [2.45, 2.75) is 38.2 Å². The van der Waals surface area contributed by atoms with Crippen LogP contribution < -0.4 is 0 Å². The molecule has 0 saturated carbocycles. The normalized spacial score (nSPS) is 15.7. The van der Waals surface area contributed by atoms with E-state index in [1.165, 1.54) is 0 Å². The molecule has 0 radical (unpaired) electrons. The van der Waals surface area contributed by atoms with Crippen LogP contribution in [0.5, 0.6) is 0 Å². The third kappa shape index (κ3) is 3.19. The molecule has 0 saturated heterocycles. The van der Waals surface area contributed by atoms with Crippen molar-refractivity contribution in [2.75, 3.05) is 0 Å². The summed E-state index contributed by atoms with van der Waals surface area (Å²) in [7, 11) is -3.25. The molecule has 2 nitrogen and oxygen atoms in total. The zero-order valence-corrected chi connectivity index (χ0v) is 13.3. The molecule has 0 aliphatic heterocycles. The lowest BCUT2D eigenvalue weighted by Crippen LogP contribution is -2.27. The predicted molar refractivity (Wildman–Crippen MR) is 78.1 cm³/mol. The lowest BCUT2D eigenvalue weighted by molar-refractivity contribution is 0.537. The first-order chi connectivity index (χ1) is 8.17. The summed E-state index contributed by atoms with van der Waals surface area (Å²) >= 11 is 11.9. The Kier molecular flexibility index (Phi) is 5.10. The molecular weight excluding hydrogens is 291 g/mol. The zero-order chi connectivity index (χ0) is 14.1. The molecule has 1 rings (SSSR count). The molecule has 0 amide bonds. The van der Waals surface area contributed by atoms with Gasteiger partial charge in [-0.15, -0.1) is 0 Å². The van der Waals surface area contributed by atoms with E-state index in [-0.39, 0.29) is 5.92 Å². The van der Waals surface area contributed by atoms with E-state index >= 15 is 0 Å². The fourth-order valence-electron chi connectivity index (χ4n) is 1.71. The van der Waals surface area contributed by atoms with Gasteiger partial charge in [0.15, 0.2) is 9.84 Å². The number of hydrogen-bond acceptors (Lipinski definition) is 2. The number of hydrogen-bond donors (Lipinski definition) is 0. The van der Waals surface area contributed by atoms with Crippen molar-refractivity contribution in [3.05, 3.63) is 33.8 Å². The maximum atomic E-state index is 12.4. The van der Waals surface area contributed by atoms with Crippen molar-refractivity contribution < 1.29 is 8.42 Å². The van der Waals surface area contributed by atoms with Gasteiger partial charge >= 0.3 is 0 Å². The van der Waals surface area contributed by atoms with Crippen molar-refractivity contribution in [1.29, 1.82) is 0 Å². The van der Waals surface area contributed by atoms with Crippen molar-refractivity contribution in [3.63, 3.8) is 0 Å². The molecule has 0 spiro atoms. The molecule has 102 valence electrons. The maximum Gasteiger partial charge on any atom is 0.159 e. The highest BCUT2D eigenvalue weighted by atomic mass is 35.5. The molecule has 1 aromatic rings. The molecular formula is C13H18Cl2O2S. The highest BCUT2D eigenvalue weighted by Crippen LogP contribution is 2.34. The molecule has 0 aliphatic rings. The summed E-state index contributed by atoms with van der Waals surface area (Å²) in [6, 6.07) is 4.92. The van der Waals surface area contributed by atoms with E-state index in [0.29, 0.717) is 15.6 Å². The van der Waals surface area contributed by atoms with Gasteiger partial charge in [0.05, 0.1) is 10.5 Å². The van der Waals surface area contributed by atoms with Crippen LogP contribution in [0.25, 0.3) is 0 Å². The van der Waals surface area contributed by atoms with E-state index in [1.54, 1.807) is 32.0 Å². The fourth-order valence-corrected chi connectivity index (χ4v) is 4.31. The largest absolute Gasteiger partial charge is 0.228 e. The molecule has 0 bridgehead atoms. The fraction of sp³-hybridized carbons (Fsp3) is 0.538. The van der Waals surface area contributed by atoms with Gasteiger partial charge in [-0.05, 0) is 37.5 Å². The van der Waals surface area contributed by atoms with Gasteiger partial charge in [0, 0.05) is 10.0 Å². The van der Waals surface area contributed by atoms with E-state index < -0.39 is 20.3 Å². The van der Waals surface area contributed by atoms with Crippen LogP contribution in [0.4, 0.5) is 0 Å². The van der Waals surface area contributed by atoms with Gasteiger partial charge in [-0.3, -0.25) is 0 Å². The smallest absolute Gasteiger partial charge is 0.159 e. The highest BCUT2D eigenvalue weighted by molar-refractivity contribution is 7.92. The van der Waals surface area contributed by atoms with E-state index in [0.717, 1.165) is 0 Å². The lowest BCUT2D eigenvalue weighted by Gasteiger charge is -2.22. The summed E-state index contributed by atoms with van der Waals surface area (Å²) < 4.78 is 24.8. The SMILES string of the molecule is CC(C)[C@@H](C)S(=O)(=O)[C@@H](C)c1ccc(Cl)cc1Cl. The summed E-state index contributed by atoms with van der Waals surface area (Å²) in [4.78, 5) is 0. The van der Waals surface area contributed by atoms with Gasteiger partial charge < -0.3 is 0 Å². The number of rotatable bonds is 4. The first-order valence-corrected chi connectivity index (χ1v) is 8.22. The zero-order valence-electron chi connectivity index (χ0n) is 10.9. The van der Waals surface area contributed by atoms with E-state index in [4.69, 9.17) is 23.2 Å². The van der Waals surface area contributed by atoms with Crippen LogP contribution in [0.3, 0.4) is 0 Å². The Balaban J connectivity index is 3.18. The Labute approximate surface area is 119 Å². The predicted octanol–water partition coefficient (Wildman–Crippen LogP) is 4.51. The van der Waals surface area contributed by atoms with Crippen LogP contribution in [0.2, 0.25) is 10.0 Å². The summed E-state index contributed by atoms with van der Waals surface area (Å²) in [5.41, 5.74) is 0.605. The van der Waals surface area contributed by atoms with Gasteiger partial charge in [0.1, 0.15) is 0 Å². The standard InChI is InChI=1S/C13H18Cl2O2S/c1-8(2)9(3)18(16,17)10(4)12-6-5-11(14)7-13(12)15/h5-10H,1-4H3/t9-,10+/m1/s1. The average Bonchev–Trinajstić information content (AvgIpc) is 2.27. The molecule has 18 heavy (non-hydrogen) atoms. The molecule has 0 fully saturated rings. The summed E-state index contributed by atoms with van der Waals surface area (Å²) in [5.74, 6) is 0.0727. The Morgan fingerprint density at radius 2 is 1.61 bits per heavy atom. The maximum absolute atomic E-state index is 12.4. The van der Waals surface area contributed by atoms with Gasteiger partial charge in [0.2, 0.25) is 0 Å². The van der Waals surface area contributed by atoms with Crippen LogP contribution in [0.15, 0.2) is 18.2 Å². The van der Waals surface area contributed by atoms with Crippen molar-refractivity contribution in [1.82, 2.24) is 0 Å². The molecule has 2 atom stereocenters. The Hall–Kier alpha value is -0.250. The molecule has 5 heteroatoms. The van der Waals surface area contributed by atoms with E-state index in [2.05, 4.69) is 0 Å². The minimum absolute atomic E-state index is 0.0727. The molecule has 0 heterocycles. The summed E-state index contributed by atoms with van der Waals surface area (Å²) in [5, 5.41) is -0.126. The Bertz CT molecular complexity index is 524.